The van der Waals surface area contributed by atoms with Gasteiger partial charge in [-0.3, -0.25) is 0 Å². The van der Waals surface area contributed by atoms with Crippen LogP contribution in [0.2, 0.25) is 0 Å². The smallest absolute Gasteiger partial charge is 0.148 e. The van der Waals surface area contributed by atoms with Crippen LogP contribution in [0.25, 0.3) is 0 Å². The van der Waals surface area contributed by atoms with Crippen LogP contribution in [0.15, 0.2) is 58.3 Å². The number of benzene rings is 2. The third-order valence-electron chi connectivity index (χ3n) is 2.75. The Kier molecular flexibility index (Phi) is 7.02. The molecule has 2 rings (SSSR count). The van der Waals surface area contributed by atoms with Crippen molar-refractivity contribution in [1.29, 1.82) is 0 Å². The highest BCUT2D eigenvalue weighted by molar-refractivity contribution is 7.99. The van der Waals surface area contributed by atoms with Gasteiger partial charge in [0.15, 0.2) is 0 Å². The van der Waals surface area contributed by atoms with E-state index in [1.807, 2.05) is 48.5 Å². The molecule has 0 saturated carbocycles. The lowest BCUT2D eigenvalue weighted by Gasteiger charge is -2.07. The quantitative estimate of drug-likeness (QED) is 0.391. The molecule has 114 valence electrons. The van der Waals surface area contributed by atoms with Gasteiger partial charge in [-0.15, -0.1) is 18.0 Å². The second-order valence-corrected chi connectivity index (χ2v) is 5.95. The topological polar surface area (TPSA) is 18.5 Å². The Bertz CT molecular complexity index is 602. The largest absolute Gasteiger partial charge is 0.494 e. The predicted octanol–water partition coefficient (Wildman–Crippen LogP) is 4.86. The number of hydrogen-bond acceptors (Lipinski definition) is 3. The number of ether oxygens (including phenoxy) is 2. The van der Waals surface area contributed by atoms with Crippen molar-refractivity contribution in [2.75, 3.05) is 19.1 Å². The van der Waals surface area contributed by atoms with E-state index in [1.165, 1.54) is 0 Å². The van der Waals surface area contributed by atoms with Crippen LogP contribution in [0.3, 0.4) is 0 Å². The van der Waals surface area contributed by atoms with Crippen LogP contribution in [0.5, 0.6) is 11.5 Å². The van der Waals surface area contributed by atoms with Gasteiger partial charge < -0.3 is 9.47 Å². The molecule has 2 aromatic carbocycles. The van der Waals surface area contributed by atoms with E-state index in [2.05, 4.69) is 5.92 Å². The lowest BCUT2D eigenvalue weighted by molar-refractivity contribution is 0.318. The SMILES string of the molecule is C#CCOc1ccc(Sc2ccc(OCCCCl)cc2)cc1. The van der Waals surface area contributed by atoms with E-state index in [1.54, 1.807) is 11.8 Å². The Balaban J connectivity index is 1.89. The Labute approximate surface area is 140 Å². The van der Waals surface area contributed by atoms with Crippen molar-refractivity contribution >= 4 is 23.4 Å². The summed E-state index contributed by atoms with van der Waals surface area (Å²) in [5.74, 6) is 4.72. The fraction of sp³-hybridized carbons (Fsp3) is 0.222. The molecule has 0 spiro atoms. The summed E-state index contributed by atoms with van der Waals surface area (Å²) in [6.45, 7) is 0.937. The van der Waals surface area contributed by atoms with Crippen molar-refractivity contribution in [1.82, 2.24) is 0 Å². The Morgan fingerprint density at radius 1 is 0.909 bits per heavy atom. The number of terminal acetylenes is 1. The summed E-state index contributed by atoms with van der Waals surface area (Å²) in [7, 11) is 0. The average Bonchev–Trinajstić information content (AvgIpc) is 2.56. The lowest BCUT2D eigenvalue weighted by atomic mass is 10.3. The van der Waals surface area contributed by atoms with Crippen molar-refractivity contribution in [3.8, 4) is 23.8 Å². The molecule has 22 heavy (non-hydrogen) atoms. The molecule has 2 aromatic rings. The molecule has 0 N–H and O–H groups in total. The second kappa shape index (κ2) is 9.30. The van der Waals surface area contributed by atoms with Crippen LogP contribution < -0.4 is 9.47 Å². The molecule has 2 nitrogen and oxygen atoms in total. The van der Waals surface area contributed by atoms with Crippen molar-refractivity contribution in [3.05, 3.63) is 48.5 Å². The van der Waals surface area contributed by atoms with E-state index < -0.39 is 0 Å². The zero-order chi connectivity index (χ0) is 15.6. The van der Waals surface area contributed by atoms with Gasteiger partial charge in [-0.2, -0.15) is 0 Å². The molecular formula is C18H17ClO2S. The number of rotatable bonds is 8. The molecule has 0 aromatic heterocycles. The van der Waals surface area contributed by atoms with Crippen LogP contribution in [-0.4, -0.2) is 19.1 Å². The third kappa shape index (κ3) is 5.55. The van der Waals surface area contributed by atoms with Crippen molar-refractivity contribution in [2.45, 2.75) is 16.2 Å². The molecule has 0 aliphatic carbocycles. The van der Waals surface area contributed by atoms with Gasteiger partial charge in [0, 0.05) is 15.7 Å². The van der Waals surface area contributed by atoms with Gasteiger partial charge in [0.25, 0.3) is 0 Å². The molecule has 0 atom stereocenters. The van der Waals surface area contributed by atoms with Crippen LogP contribution in [0, 0.1) is 12.3 Å². The fourth-order valence-electron chi connectivity index (χ4n) is 1.71. The van der Waals surface area contributed by atoms with Gasteiger partial charge in [-0.25, -0.2) is 0 Å². The maximum atomic E-state index is 5.62. The minimum absolute atomic E-state index is 0.289. The monoisotopic (exact) mass is 332 g/mol. The van der Waals surface area contributed by atoms with E-state index in [9.17, 15) is 0 Å². The highest BCUT2D eigenvalue weighted by atomic mass is 35.5. The summed E-state index contributed by atoms with van der Waals surface area (Å²) in [6.07, 6.45) is 6.02. The number of alkyl halides is 1. The molecule has 0 aliphatic rings. The van der Waals surface area contributed by atoms with E-state index >= 15 is 0 Å². The predicted molar refractivity (Wildman–Crippen MR) is 92.2 cm³/mol. The van der Waals surface area contributed by atoms with Crippen LogP contribution in [0.1, 0.15) is 6.42 Å². The summed E-state index contributed by atoms with van der Waals surface area (Å²) in [5, 5.41) is 0. The molecule has 0 aliphatic heterocycles. The standard InChI is InChI=1S/C18H17ClO2S/c1-2-13-20-15-4-8-17(9-5-15)22-18-10-6-16(7-11-18)21-14-3-12-19/h1,4-11H,3,12-14H2. The molecule has 0 heterocycles. The Morgan fingerprint density at radius 3 is 1.95 bits per heavy atom. The van der Waals surface area contributed by atoms with Gasteiger partial charge in [0.05, 0.1) is 6.61 Å². The minimum Gasteiger partial charge on any atom is -0.494 e. The van der Waals surface area contributed by atoms with Gasteiger partial charge >= 0.3 is 0 Å². The molecule has 0 amide bonds. The molecular weight excluding hydrogens is 316 g/mol. The molecule has 0 saturated heterocycles. The van der Waals surface area contributed by atoms with E-state index in [4.69, 9.17) is 27.5 Å². The lowest BCUT2D eigenvalue weighted by Crippen LogP contribution is -1.97. The maximum Gasteiger partial charge on any atom is 0.148 e. The van der Waals surface area contributed by atoms with Crippen LogP contribution >= 0.6 is 23.4 Å². The zero-order valence-corrected chi connectivity index (χ0v) is 13.7. The van der Waals surface area contributed by atoms with Crippen molar-refractivity contribution < 1.29 is 9.47 Å². The zero-order valence-electron chi connectivity index (χ0n) is 12.1. The second-order valence-electron chi connectivity index (χ2n) is 4.43. The summed E-state index contributed by atoms with van der Waals surface area (Å²) >= 11 is 7.31. The minimum atomic E-state index is 0.289. The Morgan fingerprint density at radius 2 is 1.45 bits per heavy atom. The number of hydrogen-bond donors (Lipinski definition) is 0. The summed E-state index contributed by atoms with van der Waals surface area (Å²) in [5.41, 5.74) is 0. The normalized spacial score (nSPS) is 10.0. The van der Waals surface area contributed by atoms with Crippen molar-refractivity contribution in [2.24, 2.45) is 0 Å². The Hall–Kier alpha value is -1.76. The molecule has 0 unspecified atom stereocenters. The van der Waals surface area contributed by atoms with Crippen LogP contribution in [0.4, 0.5) is 0 Å². The van der Waals surface area contributed by atoms with Gasteiger partial charge in [-0.1, -0.05) is 17.7 Å². The third-order valence-corrected chi connectivity index (χ3v) is 4.04. The average molecular weight is 333 g/mol. The first-order valence-electron chi connectivity index (χ1n) is 6.95. The van der Waals surface area contributed by atoms with Gasteiger partial charge in [0.2, 0.25) is 0 Å². The van der Waals surface area contributed by atoms with Gasteiger partial charge in [0.1, 0.15) is 18.1 Å². The molecule has 4 heteroatoms. The molecule has 0 bridgehead atoms. The van der Waals surface area contributed by atoms with Gasteiger partial charge in [-0.05, 0) is 55.0 Å². The highest BCUT2D eigenvalue weighted by Crippen LogP contribution is 2.30. The summed E-state index contributed by atoms with van der Waals surface area (Å²) in [4.78, 5) is 2.30. The molecule has 0 fully saturated rings. The van der Waals surface area contributed by atoms with E-state index in [0.717, 1.165) is 27.7 Å². The first kappa shape index (κ1) is 16.6. The van der Waals surface area contributed by atoms with Crippen LogP contribution in [-0.2, 0) is 0 Å². The summed E-state index contributed by atoms with van der Waals surface area (Å²) in [6, 6.07) is 15.9. The first-order chi connectivity index (χ1) is 10.8. The van der Waals surface area contributed by atoms with E-state index in [-0.39, 0.29) is 6.61 Å². The molecule has 0 radical (unpaired) electrons. The van der Waals surface area contributed by atoms with Crippen molar-refractivity contribution in [3.63, 3.8) is 0 Å². The number of halogens is 1. The van der Waals surface area contributed by atoms with E-state index in [0.29, 0.717) is 12.5 Å². The summed E-state index contributed by atoms with van der Waals surface area (Å²) < 4.78 is 10.9. The highest BCUT2D eigenvalue weighted by Gasteiger charge is 2.00. The maximum absolute atomic E-state index is 5.62. The first-order valence-corrected chi connectivity index (χ1v) is 8.30. The fourth-order valence-corrected chi connectivity index (χ4v) is 2.64.